The quantitative estimate of drug-likeness (QED) is 0.0825. The van der Waals surface area contributed by atoms with Gasteiger partial charge >= 0.3 is 5.91 Å². The summed E-state index contributed by atoms with van der Waals surface area (Å²) in [6.45, 7) is 0. The number of aromatic nitrogens is 2. The fourth-order valence-corrected chi connectivity index (χ4v) is 6.30. The number of carbonyl (C=O) groups is 2. The molecule has 4 aromatic rings. The summed E-state index contributed by atoms with van der Waals surface area (Å²) < 4.78 is 15.3. The molecule has 1 aromatic heterocycles. The van der Waals surface area contributed by atoms with E-state index in [0.29, 0.717) is 31.8 Å². The highest BCUT2D eigenvalue weighted by Crippen LogP contribution is 2.44. The molecule has 2 heterocycles. The molecule has 0 bridgehead atoms. The first-order chi connectivity index (χ1) is 17.8. The van der Waals surface area contributed by atoms with Crippen molar-refractivity contribution in [2.45, 2.75) is 16.1 Å². The second-order valence-electron chi connectivity index (χ2n) is 7.96. The van der Waals surface area contributed by atoms with Crippen LogP contribution in [0, 0.1) is 5.82 Å². The van der Waals surface area contributed by atoms with E-state index in [2.05, 4.69) is 26.1 Å². The molecule has 1 amide bonds. The zero-order valence-corrected chi connectivity index (χ0v) is 22.7. The number of hydrogen-bond donors (Lipinski definition) is 1. The lowest BCUT2D eigenvalue weighted by Gasteiger charge is -2.22. The van der Waals surface area contributed by atoms with E-state index in [1.165, 1.54) is 22.7 Å². The standard InChI is InChI=1S/C26H16BrClFN3O3S2/c27-17-6-3-5-15(12-17)21-20(22(33)14-8-10-18(28)11-9-14)23(34)24(35)32(21)25-30-31-26(37-25)36-13-16-4-1-2-7-19(16)29/h1-12,21,33H,13H2/b22-20-. The van der Waals surface area contributed by atoms with E-state index in [1.807, 2.05) is 6.07 Å². The molecule has 1 atom stereocenters. The van der Waals surface area contributed by atoms with Crippen LogP contribution in [0.15, 0.2) is 87.2 Å². The summed E-state index contributed by atoms with van der Waals surface area (Å²) in [6.07, 6.45) is 0. The average molecular weight is 617 g/mol. The van der Waals surface area contributed by atoms with Gasteiger partial charge in [-0.25, -0.2) is 4.39 Å². The normalized spacial score (nSPS) is 16.9. The predicted molar refractivity (Wildman–Crippen MR) is 146 cm³/mol. The van der Waals surface area contributed by atoms with E-state index >= 15 is 0 Å². The van der Waals surface area contributed by atoms with Crippen molar-refractivity contribution in [1.29, 1.82) is 0 Å². The van der Waals surface area contributed by atoms with Crippen molar-refractivity contribution in [2.75, 3.05) is 4.90 Å². The number of thioether (sulfide) groups is 1. The first-order valence-corrected chi connectivity index (χ1v) is 13.8. The highest BCUT2D eigenvalue weighted by molar-refractivity contribution is 9.10. The van der Waals surface area contributed by atoms with Crippen LogP contribution in [0.4, 0.5) is 9.52 Å². The largest absolute Gasteiger partial charge is 0.507 e. The summed E-state index contributed by atoms with van der Waals surface area (Å²) in [6, 6.07) is 19.0. The zero-order chi connectivity index (χ0) is 26.1. The summed E-state index contributed by atoms with van der Waals surface area (Å²) in [7, 11) is 0. The molecular formula is C26H16BrClFN3O3S2. The van der Waals surface area contributed by atoms with Gasteiger partial charge in [-0.3, -0.25) is 14.5 Å². The zero-order valence-electron chi connectivity index (χ0n) is 18.8. The Morgan fingerprint density at radius 3 is 2.57 bits per heavy atom. The highest BCUT2D eigenvalue weighted by Gasteiger charge is 2.48. The number of anilines is 1. The third-order valence-corrected chi connectivity index (χ3v) is 8.49. The van der Waals surface area contributed by atoms with Gasteiger partial charge in [0.25, 0.3) is 5.78 Å². The monoisotopic (exact) mass is 615 g/mol. The molecule has 1 fully saturated rings. The fourth-order valence-electron chi connectivity index (χ4n) is 3.90. The number of benzene rings is 3. The van der Waals surface area contributed by atoms with E-state index in [-0.39, 0.29) is 22.3 Å². The van der Waals surface area contributed by atoms with Gasteiger partial charge in [-0.15, -0.1) is 10.2 Å². The van der Waals surface area contributed by atoms with Crippen molar-refractivity contribution in [1.82, 2.24) is 10.2 Å². The summed E-state index contributed by atoms with van der Waals surface area (Å²) in [4.78, 5) is 27.8. The van der Waals surface area contributed by atoms with Crippen molar-refractivity contribution in [3.63, 3.8) is 0 Å². The van der Waals surface area contributed by atoms with Crippen LogP contribution in [0.25, 0.3) is 5.76 Å². The summed E-state index contributed by atoms with van der Waals surface area (Å²) in [5, 5.41) is 20.1. The van der Waals surface area contributed by atoms with Gasteiger partial charge in [0.05, 0.1) is 11.6 Å². The van der Waals surface area contributed by atoms with E-state index in [1.54, 1.807) is 60.7 Å². The SMILES string of the molecule is O=C1C(=O)N(c2nnc(SCc3ccccc3F)s2)C(c2cccc(Br)c2)/C1=C(/O)c1ccc(Cl)cc1. The molecule has 6 nitrogen and oxygen atoms in total. The average Bonchev–Trinajstić information content (AvgIpc) is 3.46. The Kier molecular flexibility index (Phi) is 7.43. The molecule has 0 radical (unpaired) electrons. The van der Waals surface area contributed by atoms with Crippen molar-refractivity contribution < 1.29 is 19.1 Å². The van der Waals surface area contributed by atoms with Gasteiger partial charge in [-0.05, 0) is 53.6 Å². The Morgan fingerprint density at radius 2 is 1.84 bits per heavy atom. The number of rotatable bonds is 6. The molecule has 3 aromatic carbocycles. The number of nitrogens with zero attached hydrogens (tertiary/aromatic N) is 3. The molecule has 1 aliphatic rings. The second-order valence-corrected chi connectivity index (χ2v) is 11.5. The van der Waals surface area contributed by atoms with E-state index in [0.717, 1.165) is 15.8 Å². The smallest absolute Gasteiger partial charge is 0.301 e. The highest BCUT2D eigenvalue weighted by atomic mass is 79.9. The minimum absolute atomic E-state index is 0.0683. The number of ketones is 1. The van der Waals surface area contributed by atoms with E-state index in [4.69, 9.17) is 11.6 Å². The van der Waals surface area contributed by atoms with Gasteiger partial charge in [0.1, 0.15) is 11.6 Å². The molecular weight excluding hydrogens is 601 g/mol. The fraction of sp³-hybridized carbons (Fsp3) is 0.0769. The first kappa shape index (κ1) is 25.6. The molecule has 5 rings (SSSR count). The predicted octanol–water partition coefficient (Wildman–Crippen LogP) is 7.01. The van der Waals surface area contributed by atoms with E-state index < -0.39 is 17.7 Å². The Balaban J connectivity index is 1.55. The maximum absolute atomic E-state index is 14.0. The van der Waals surface area contributed by atoms with Crippen molar-refractivity contribution in [2.24, 2.45) is 0 Å². The maximum atomic E-state index is 14.0. The van der Waals surface area contributed by atoms with Crippen LogP contribution < -0.4 is 4.90 Å². The van der Waals surface area contributed by atoms with Crippen molar-refractivity contribution in [3.8, 4) is 0 Å². The Bertz CT molecular complexity index is 1540. The lowest BCUT2D eigenvalue weighted by molar-refractivity contribution is -0.132. The maximum Gasteiger partial charge on any atom is 0.301 e. The van der Waals surface area contributed by atoms with Crippen LogP contribution in [0.3, 0.4) is 0 Å². The van der Waals surface area contributed by atoms with Crippen molar-refractivity contribution >= 4 is 73.2 Å². The topological polar surface area (TPSA) is 83.4 Å². The minimum Gasteiger partial charge on any atom is -0.507 e. The molecule has 1 N–H and O–H groups in total. The van der Waals surface area contributed by atoms with E-state index in [9.17, 15) is 19.1 Å². The summed E-state index contributed by atoms with van der Waals surface area (Å²) in [5.41, 5.74) is 1.39. The number of amides is 1. The van der Waals surface area contributed by atoms with Gasteiger partial charge < -0.3 is 5.11 Å². The van der Waals surface area contributed by atoms with Crippen LogP contribution in [0.5, 0.6) is 0 Å². The van der Waals surface area contributed by atoms with Crippen LogP contribution >= 0.6 is 50.6 Å². The number of Topliss-reactive ketones (excluding diaryl/α,β-unsaturated/α-hetero) is 1. The molecule has 1 unspecified atom stereocenters. The molecule has 37 heavy (non-hydrogen) atoms. The number of hydrogen-bond acceptors (Lipinski definition) is 7. The molecule has 0 spiro atoms. The van der Waals surface area contributed by atoms with Crippen LogP contribution in [0.1, 0.15) is 22.7 Å². The third-order valence-electron chi connectivity index (χ3n) is 5.64. The third kappa shape index (κ3) is 5.19. The number of halogens is 3. The van der Waals surface area contributed by atoms with Crippen LogP contribution in [-0.4, -0.2) is 27.0 Å². The minimum atomic E-state index is -0.939. The molecule has 0 saturated carbocycles. The molecule has 186 valence electrons. The molecule has 1 saturated heterocycles. The lowest BCUT2D eigenvalue weighted by atomic mass is 9.95. The summed E-state index contributed by atoms with van der Waals surface area (Å²) >= 11 is 11.8. The second kappa shape index (κ2) is 10.7. The number of aliphatic hydroxyl groups excluding tert-OH is 1. The molecule has 0 aliphatic carbocycles. The van der Waals surface area contributed by atoms with Gasteiger partial charge in [-0.2, -0.15) is 0 Å². The van der Waals surface area contributed by atoms with Crippen LogP contribution in [-0.2, 0) is 15.3 Å². The lowest BCUT2D eigenvalue weighted by Crippen LogP contribution is -2.29. The molecule has 11 heteroatoms. The van der Waals surface area contributed by atoms with Gasteiger partial charge in [0.2, 0.25) is 5.13 Å². The Hall–Kier alpha value is -3.05. The Morgan fingerprint density at radius 1 is 1.08 bits per heavy atom. The Labute approximate surface area is 232 Å². The number of aliphatic hydroxyl groups is 1. The van der Waals surface area contributed by atoms with Gasteiger partial charge in [-0.1, -0.05) is 81.0 Å². The number of carbonyl (C=O) groups excluding carboxylic acids is 2. The summed E-state index contributed by atoms with van der Waals surface area (Å²) in [5.74, 6) is -1.98. The van der Waals surface area contributed by atoms with Crippen LogP contribution in [0.2, 0.25) is 5.02 Å². The first-order valence-electron chi connectivity index (χ1n) is 10.9. The molecule has 1 aliphatic heterocycles. The van der Waals surface area contributed by atoms with Gasteiger partial charge in [0, 0.05) is 20.8 Å². The van der Waals surface area contributed by atoms with Gasteiger partial charge in [0.15, 0.2) is 4.34 Å². The van der Waals surface area contributed by atoms with Crippen molar-refractivity contribution in [3.05, 3.63) is 110 Å².